The molecule has 0 bridgehead atoms. The van der Waals surface area contributed by atoms with E-state index in [0.29, 0.717) is 0 Å². The molecule has 1 heterocycles. The van der Waals surface area contributed by atoms with E-state index in [0.717, 1.165) is 18.8 Å². The average molecular weight is 179 g/mol. The van der Waals surface area contributed by atoms with Crippen LogP contribution in [0.1, 0.15) is 18.2 Å². The predicted octanol–water partition coefficient (Wildman–Crippen LogP) is 1.39. The molecule has 0 aliphatic heterocycles. The monoisotopic (exact) mass is 179 g/mol. The summed E-state index contributed by atoms with van der Waals surface area (Å²) < 4.78 is 1.85. The number of rotatable bonds is 4. The molecule has 0 radical (unpaired) electrons. The molecule has 1 aromatic rings. The van der Waals surface area contributed by atoms with Crippen LogP contribution >= 0.6 is 0 Å². The topological polar surface area (TPSA) is 29.9 Å². The molecule has 0 aliphatic carbocycles. The molecule has 1 rings (SSSR count). The summed E-state index contributed by atoms with van der Waals surface area (Å²) in [6.07, 6.45) is 6.20. The van der Waals surface area contributed by atoms with Crippen molar-refractivity contribution in [3.05, 3.63) is 29.6 Å². The van der Waals surface area contributed by atoms with Crippen LogP contribution in [0.2, 0.25) is 0 Å². The SMILES string of the molecule is C/C=C/CNCc1cn(C)nc1C. The summed E-state index contributed by atoms with van der Waals surface area (Å²) >= 11 is 0. The molecule has 3 heteroatoms. The largest absolute Gasteiger partial charge is 0.309 e. The molecule has 3 nitrogen and oxygen atoms in total. The number of allylic oxidation sites excluding steroid dienone is 1. The van der Waals surface area contributed by atoms with Crippen molar-refractivity contribution in [1.82, 2.24) is 15.1 Å². The Hall–Kier alpha value is -1.09. The molecular weight excluding hydrogens is 162 g/mol. The van der Waals surface area contributed by atoms with E-state index in [2.05, 4.69) is 22.7 Å². The summed E-state index contributed by atoms with van der Waals surface area (Å²) in [6.45, 7) is 5.87. The average Bonchev–Trinajstić information content (AvgIpc) is 2.39. The molecule has 0 saturated carbocycles. The minimum absolute atomic E-state index is 0.893. The van der Waals surface area contributed by atoms with E-state index < -0.39 is 0 Å². The second-order valence-electron chi connectivity index (χ2n) is 3.11. The Morgan fingerprint density at radius 1 is 1.62 bits per heavy atom. The molecule has 0 spiro atoms. The third-order valence-corrected chi connectivity index (χ3v) is 1.93. The molecule has 0 aliphatic rings. The molecule has 0 aromatic carbocycles. The molecule has 72 valence electrons. The van der Waals surface area contributed by atoms with Gasteiger partial charge in [0.05, 0.1) is 5.69 Å². The Morgan fingerprint density at radius 3 is 2.92 bits per heavy atom. The van der Waals surface area contributed by atoms with Crippen LogP contribution in [-0.2, 0) is 13.6 Å². The maximum Gasteiger partial charge on any atom is 0.0638 e. The van der Waals surface area contributed by atoms with Gasteiger partial charge in [0, 0.05) is 31.9 Å². The summed E-state index contributed by atoms with van der Waals surface area (Å²) in [7, 11) is 1.95. The van der Waals surface area contributed by atoms with Gasteiger partial charge in [-0.2, -0.15) is 5.10 Å². The van der Waals surface area contributed by atoms with Crippen molar-refractivity contribution in [3.8, 4) is 0 Å². The minimum Gasteiger partial charge on any atom is -0.309 e. The highest BCUT2D eigenvalue weighted by Gasteiger charge is 2.00. The van der Waals surface area contributed by atoms with Crippen LogP contribution in [0.15, 0.2) is 18.3 Å². The van der Waals surface area contributed by atoms with E-state index >= 15 is 0 Å². The first-order chi connectivity index (χ1) is 6.24. The van der Waals surface area contributed by atoms with Crippen LogP contribution < -0.4 is 5.32 Å². The highest BCUT2D eigenvalue weighted by molar-refractivity contribution is 5.14. The Bertz CT molecular complexity index is 286. The zero-order valence-electron chi connectivity index (χ0n) is 8.54. The smallest absolute Gasteiger partial charge is 0.0638 e. The lowest BCUT2D eigenvalue weighted by Crippen LogP contribution is -2.12. The van der Waals surface area contributed by atoms with Crippen LogP contribution in [0.5, 0.6) is 0 Å². The van der Waals surface area contributed by atoms with Crippen molar-refractivity contribution < 1.29 is 0 Å². The number of hydrogen-bond donors (Lipinski definition) is 1. The Labute approximate surface area is 79.5 Å². The van der Waals surface area contributed by atoms with Crippen LogP contribution in [0.3, 0.4) is 0 Å². The molecule has 0 unspecified atom stereocenters. The van der Waals surface area contributed by atoms with Crippen molar-refractivity contribution in [2.45, 2.75) is 20.4 Å². The number of nitrogens with one attached hydrogen (secondary N) is 1. The minimum atomic E-state index is 0.893. The zero-order chi connectivity index (χ0) is 9.68. The number of nitrogens with zero attached hydrogens (tertiary/aromatic N) is 2. The predicted molar refractivity (Wildman–Crippen MR) is 54.5 cm³/mol. The summed E-state index contributed by atoms with van der Waals surface area (Å²) in [5.41, 5.74) is 2.38. The highest BCUT2D eigenvalue weighted by Crippen LogP contribution is 2.03. The van der Waals surface area contributed by atoms with Gasteiger partial charge in [0.2, 0.25) is 0 Å². The lowest BCUT2D eigenvalue weighted by molar-refractivity contribution is 0.749. The van der Waals surface area contributed by atoms with Gasteiger partial charge in [-0.3, -0.25) is 4.68 Å². The lowest BCUT2D eigenvalue weighted by atomic mass is 10.2. The van der Waals surface area contributed by atoms with Gasteiger partial charge in [-0.1, -0.05) is 12.2 Å². The van der Waals surface area contributed by atoms with Crippen molar-refractivity contribution in [2.24, 2.45) is 7.05 Å². The quantitative estimate of drug-likeness (QED) is 0.559. The number of aromatic nitrogens is 2. The van der Waals surface area contributed by atoms with Crippen molar-refractivity contribution in [1.29, 1.82) is 0 Å². The summed E-state index contributed by atoms with van der Waals surface area (Å²) in [5.74, 6) is 0. The van der Waals surface area contributed by atoms with Gasteiger partial charge in [0.25, 0.3) is 0 Å². The van der Waals surface area contributed by atoms with Crippen LogP contribution in [0.25, 0.3) is 0 Å². The zero-order valence-corrected chi connectivity index (χ0v) is 8.54. The first-order valence-electron chi connectivity index (χ1n) is 4.55. The summed E-state index contributed by atoms with van der Waals surface area (Å²) in [6, 6.07) is 0. The molecule has 0 atom stereocenters. The van der Waals surface area contributed by atoms with Gasteiger partial charge < -0.3 is 5.32 Å². The lowest BCUT2D eigenvalue weighted by Gasteiger charge is -1.98. The van der Waals surface area contributed by atoms with E-state index in [-0.39, 0.29) is 0 Å². The second-order valence-corrected chi connectivity index (χ2v) is 3.11. The maximum absolute atomic E-state index is 4.27. The fourth-order valence-electron chi connectivity index (χ4n) is 1.23. The van der Waals surface area contributed by atoms with Gasteiger partial charge in [0.1, 0.15) is 0 Å². The van der Waals surface area contributed by atoms with Gasteiger partial charge in [0.15, 0.2) is 0 Å². The van der Waals surface area contributed by atoms with Crippen molar-refractivity contribution in [2.75, 3.05) is 6.54 Å². The third-order valence-electron chi connectivity index (χ3n) is 1.93. The molecular formula is C10H17N3. The first-order valence-corrected chi connectivity index (χ1v) is 4.55. The molecule has 1 aromatic heterocycles. The van der Waals surface area contributed by atoms with Crippen LogP contribution in [-0.4, -0.2) is 16.3 Å². The van der Waals surface area contributed by atoms with Crippen molar-refractivity contribution >= 4 is 0 Å². The maximum atomic E-state index is 4.27. The van der Waals surface area contributed by atoms with E-state index in [9.17, 15) is 0 Å². The van der Waals surface area contributed by atoms with E-state index in [4.69, 9.17) is 0 Å². The normalized spacial score (nSPS) is 11.3. The summed E-state index contributed by atoms with van der Waals surface area (Å²) in [5, 5.41) is 7.59. The van der Waals surface area contributed by atoms with Crippen molar-refractivity contribution in [3.63, 3.8) is 0 Å². The van der Waals surface area contributed by atoms with E-state index in [1.807, 2.05) is 31.7 Å². The van der Waals surface area contributed by atoms with Crippen LogP contribution in [0.4, 0.5) is 0 Å². The Kier molecular flexibility index (Phi) is 3.71. The molecule has 0 fully saturated rings. The van der Waals surface area contributed by atoms with E-state index in [1.54, 1.807) is 0 Å². The van der Waals surface area contributed by atoms with E-state index in [1.165, 1.54) is 5.56 Å². The Balaban J connectivity index is 2.40. The van der Waals surface area contributed by atoms with Crippen LogP contribution in [0, 0.1) is 6.92 Å². The number of hydrogen-bond acceptors (Lipinski definition) is 2. The van der Waals surface area contributed by atoms with Gasteiger partial charge in [-0.15, -0.1) is 0 Å². The van der Waals surface area contributed by atoms with Gasteiger partial charge in [-0.25, -0.2) is 0 Å². The fourth-order valence-corrected chi connectivity index (χ4v) is 1.23. The highest BCUT2D eigenvalue weighted by atomic mass is 15.2. The summed E-state index contributed by atoms with van der Waals surface area (Å²) in [4.78, 5) is 0. The second kappa shape index (κ2) is 4.82. The van der Waals surface area contributed by atoms with Gasteiger partial charge in [-0.05, 0) is 13.8 Å². The standard InChI is InChI=1S/C10H17N3/c1-4-5-6-11-7-10-8-13(3)12-9(10)2/h4-5,8,11H,6-7H2,1-3H3/b5-4+. The molecule has 13 heavy (non-hydrogen) atoms. The molecule has 0 amide bonds. The molecule has 0 saturated heterocycles. The fraction of sp³-hybridized carbons (Fsp3) is 0.500. The first kappa shape index (κ1) is 9.99. The number of aryl methyl sites for hydroxylation is 2. The molecule has 1 N–H and O–H groups in total. The van der Waals surface area contributed by atoms with Gasteiger partial charge >= 0.3 is 0 Å². The third kappa shape index (κ3) is 3.03. The Morgan fingerprint density at radius 2 is 2.38 bits per heavy atom.